The van der Waals surface area contributed by atoms with Crippen LogP contribution in [0.25, 0.3) is 0 Å². The molecule has 1 amide bonds. The van der Waals surface area contributed by atoms with Gasteiger partial charge in [-0.25, -0.2) is 8.42 Å². The van der Waals surface area contributed by atoms with Crippen molar-refractivity contribution in [2.45, 2.75) is 43.4 Å². The molecule has 31 heavy (non-hydrogen) atoms. The minimum absolute atomic E-state index is 0.0268. The molecule has 6 nitrogen and oxygen atoms in total. The van der Waals surface area contributed by atoms with Gasteiger partial charge in [-0.2, -0.15) is 13.2 Å². The Morgan fingerprint density at radius 3 is 2.58 bits per heavy atom. The van der Waals surface area contributed by atoms with Crippen LogP contribution in [0.2, 0.25) is 0 Å². The van der Waals surface area contributed by atoms with Crippen molar-refractivity contribution in [3.05, 3.63) is 52.8 Å². The number of alkyl halides is 3. The molecule has 0 N–H and O–H groups in total. The van der Waals surface area contributed by atoms with Gasteiger partial charge < -0.3 is 9.64 Å². The molecular weight excluding hydrogens is 433 g/mol. The monoisotopic (exact) mass is 454 g/mol. The molecule has 0 saturated heterocycles. The third-order valence-electron chi connectivity index (χ3n) is 5.69. The first-order valence-corrected chi connectivity index (χ1v) is 11.7. The van der Waals surface area contributed by atoms with E-state index in [-0.39, 0.29) is 29.3 Å². The van der Waals surface area contributed by atoms with E-state index in [2.05, 4.69) is 4.98 Å². The molecule has 1 aromatic heterocycles. The van der Waals surface area contributed by atoms with Crippen LogP contribution in [0, 0.1) is 5.92 Å². The number of sulfone groups is 1. The molecule has 1 saturated carbocycles. The zero-order valence-corrected chi connectivity index (χ0v) is 17.6. The first-order chi connectivity index (χ1) is 14.5. The van der Waals surface area contributed by atoms with Gasteiger partial charge in [-0.3, -0.25) is 9.78 Å². The molecule has 0 atom stereocenters. The third kappa shape index (κ3) is 4.53. The van der Waals surface area contributed by atoms with Crippen molar-refractivity contribution in [3.63, 3.8) is 0 Å². The average molecular weight is 454 g/mol. The Kier molecular flexibility index (Phi) is 5.45. The molecule has 1 aromatic carbocycles. The van der Waals surface area contributed by atoms with Crippen LogP contribution in [-0.2, 0) is 29.1 Å². The average Bonchev–Trinajstić information content (AvgIpc) is 3.08. The number of hydrogen-bond donors (Lipinski definition) is 0. The number of benzene rings is 1. The predicted octanol–water partition coefficient (Wildman–Crippen LogP) is 3.84. The lowest BCUT2D eigenvalue weighted by molar-refractivity contribution is -0.137. The topological polar surface area (TPSA) is 76.6 Å². The van der Waals surface area contributed by atoms with Crippen molar-refractivity contribution < 1.29 is 31.1 Å². The molecule has 0 spiro atoms. The molecule has 0 bridgehead atoms. The summed E-state index contributed by atoms with van der Waals surface area (Å²) in [5.41, 5.74) is -0.0906. The third-order valence-corrected chi connectivity index (χ3v) is 6.80. The molecule has 2 aromatic rings. The molecule has 2 aliphatic rings. The van der Waals surface area contributed by atoms with Gasteiger partial charge in [-0.05, 0) is 48.6 Å². The summed E-state index contributed by atoms with van der Waals surface area (Å²) in [6, 6.07) is 5.12. The first kappa shape index (κ1) is 21.6. The van der Waals surface area contributed by atoms with Gasteiger partial charge in [0, 0.05) is 19.0 Å². The van der Waals surface area contributed by atoms with E-state index >= 15 is 0 Å². The van der Waals surface area contributed by atoms with Crippen LogP contribution in [0.4, 0.5) is 13.2 Å². The van der Waals surface area contributed by atoms with Gasteiger partial charge in [-0.1, -0.05) is 6.42 Å². The van der Waals surface area contributed by atoms with Gasteiger partial charge >= 0.3 is 6.18 Å². The van der Waals surface area contributed by atoms with Crippen molar-refractivity contribution in [1.29, 1.82) is 0 Å². The number of rotatable bonds is 5. The minimum atomic E-state index is -4.52. The fourth-order valence-corrected chi connectivity index (χ4v) is 4.28. The molecule has 4 rings (SSSR count). The summed E-state index contributed by atoms with van der Waals surface area (Å²) in [7, 11) is -3.56. The molecule has 0 radical (unpaired) electrons. The lowest BCUT2D eigenvalue weighted by Crippen LogP contribution is -2.27. The van der Waals surface area contributed by atoms with Gasteiger partial charge in [-0.15, -0.1) is 0 Å². The fraction of sp³-hybridized carbons (Fsp3) is 0.429. The number of amides is 1. The number of pyridine rings is 1. The largest absolute Gasteiger partial charge is 0.492 e. The maximum atomic E-state index is 13.2. The van der Waals surface area contributed by atoms with Gasteiger partial charge in [0.25, 0.3) is 5.91 Å². The summed E-state index contributed by atoms with van der Waals surface area (Å²) in [5, 5.41) is 0. The smallest absolute Gasteiger partial charge is 0.417 e. The van der Waals surface area contributed by atoms with E-state index in [1.165, 1.54) is 23.1 Å². The highest BCUT2D eigenvalue weighted by molar-refractivity contribution is 7.90. The summed E-state index contributed by atoms with van der Waals surface area (Å²) < 4.78 is 68.7. The van der Waals surface area contributed by atoms with E-state index in [1.807, 2.05) is 0 Å². The van der Waals surface area contributed by atoms with E-state index in [0.717, 1.165) is 37.8 Å². The van der Waals surface area contributed by atoms with Crippen molar-refractivity contribution in [2.75, 3.05) is 12.9 Å². The normalized spacial score (nSPS) is 16.7. The number of fused-ring (bicyclic) bond motifs is 1. The summed E-state index contributed by atoms with van der Waals surface area (Å²) in [6.07, 6.45) is 0.486. The number of ether oxygens (including phenoxy) is 1. The van der Waals surface area contributed by atoms with Crippen LogP contribution < -0.4 is 4.74 Å². The maximum Gasteiger partial charge on any atom is 0.417 e. The number of hydrogen-bond acceptors (Lipinski definition) is 5. The quantitative estimate of drug-likeness (QED) is 0.686. The van der Waals surface area contributed by atoms with Crippen molar-refractivity contribution in [2.24, 2.45) is 5.92 Å². The second-order valence-electron chi connectivity index (χ2n) is 8.03. The van der Waals surface area contributed by atoms with Crippen LogP contribution in [-0.4, -0.2) is 37.1 Å². The van der Waals surface area contributed by atoms with Crippen molar-refractivity contribution in [3.8, 4) is 5.75 Å². The lowest BCUT2D eigenvalue weighted by atomic mass is 9.86. The Labute approximate surface area is 178 Å². The molecular formula is C21H21F3N2O4S. The number of halogens is 3. The number of nitrogens with zero attached hydrogens (tertiary/aromatic N) is 2. The maximum absolute atomic E-state index is 13.2. The number of aromatic nitrogens is 1. The Hall–Kier alpha value is -2.62. The summed E-state index contributed by atoms with van der Waals surface area (Å²) in [6.45, 7) is 0.420. The highest BCUT2D eigenvalue weighted by Gasteiger charge is 2.34. The molecule has 1 aliphatic carbocycles. The Bertz CT molecular complexity index is 1130. The van der Waals surface area contributed by atoms with Gasteiger partial charge in [0.15, 0.2) is 9.84 Å². The Morgan fingerprint density at radius 2 is 1.97 bits per heavy atom. The van der Waals surface area contributed by atoms with E-state index in [0.29, 0.717) is 23.8 Å². The zero-order chi connectivity index (χ0) is 22.4. The Morgan fingerprint density at radius 1 is 1.23 bits per heavy atom. The zero-order valence-electron chi connectivity index (χ0n) is 16.8. The minimum Gasteiger partial charge on any atom is -0.492 e. The fourth-order valence-electron chi connectivity index (χ4n) is 3.63. The second kappa shape index (κ2) is 7.81. The predicted molar refractivity (Wildman–Crippen MR) is 105 cm³/mol. The molecule has 1 fully saturated rings. The van der Waals surface area contributed by atoms with Crippen molar-refractivity contribution >= 4 is 15.7 Å². The van der Waals surface area contributed by atoms with Crippen LogP contribution >= 0.6 is 0 Å². The SMILES string of the molecule is CS(=O)(=O)c1ccc(OCC2CCC2)c(C(=O)N2Cc3cc(C(F)(F)F)cnc3C2)c1. The summed E-state index contributed by atoms with van der Waals surface area (Å²) in [5.74, 6) is 0.156. The van der Waals surface area contributed by atoms with Crippen LogP contribution in [0.3, 0.4) is 0 Å². The standard InChI is InChI=1S/C21H21F3N2O4S/c1-31(28,29)16-5-6-19(30-12-13-3-2-4-13)17(8-16)20(27)26-10-14-7-15(21(22,23)24)9-25-18(14)11-26/h5-9,13H,2-4,10-12H2,1H3. The van der Waals surface area contributed by atoms with Gasteiger partial charge in [0.1, 0.15) is 5.75 Å². The lowest BCUT2D eigenvalue weighted by Gasteiger charge is -2.26. The van der Waals surface area contributed by atoms with Gasteiger partial charge in [0.2, 0.25) is 0 Å². The van der Waals surface area contributed by atoms with E-state index in [9.17, 15) is 26.4 Å². The molecule has 166 valence electrons. The van der Waals surface area contributed by atoms with Crippen LogP contribution in [0.15, 0.2) is 35.4 Å². The number of carbonyl (C=O) groups is 1. The number of carbonyl (C=O) groups excluding carboxylic acids is 1. The highest BCUT2D eigenvalue weighted by atomic mass is 32.2. The highest BCUT2D eigenvalue weighted by Crippen LogP contribution is 2.34. The van der Waals surface area contributed by atoms with E-state index in [4.69, 9.17) is 4.74 Å². The molecule has 0 unspecified atom stereocenters. The summed E-state index contributed by atoms with van der Waals surface area (Å²) in [4.78, 5) is 18.4. The second-order valence-corrected chi connectivity index (χ2v) is 10.0. The Balaban J connectivity index is 1.61. The van der Waals surface area contributed by atoms with Crippen molar-refractivity contribution in [1.82, 2.24) is 9.88 Å². The first-order valence-electron chi connectivity index (χ1n) is 9.83. The molecule has 10 heteroatoms. The summed E-state index contributed by atoms with van der Waals surface area (Å²) >= 11 is 0. The molecule has 2 heterocycles. The van der Waals surface area contributed by atoms with E-state index < -0.39 is 27.5 Å². The van der Waals surface area contributed by atoms with E-state index in [1.54, 1.807) is 0 Å². The molecule has 1 aliphatic heterocycles. The van der Waals surface area contributed by atoms with Gasteiger partial charge in [0.05, 0.1) is 34.9 Å². The van der Waals surface area contributed by atoms with Crippen LogP contribution in [0.1, 0.15) is 46.4 Å². The van der Waals surface area contributed by atoms with Crippen LogP contribution in [0.5, 0.6) is 5.75 Å².